The molecule has 4 nitrogen and oxygen atoms in total. The van der Waals surface area contributed by atoms with Gasteiger partial charge in [0.1, 0.15) is 5.75 Å². The topological polar surface area (TPSA) is 53.3 Å². The third-order valence-corrected chi connectivity index (χ3v) is 2.98. The number of nitriles is 1. The van der Waals surface area contributed by atoms with Gasteiger partial charge in [-0.15, -0.1) is 0 Å². The van der Waals surface area contributed by atoms with Crippen molar-refractivity contribution in [3.63, 3.8) is 0 Å². The fourth-order valence-electron chi connectivity index (χ4n) is 1.90. The number of alkyl halides is 3. The maximum Gasteiger partial charge on any atom is 0.389 e. The fourth-order valence-corrected chi connectivity index (χ4v) is 1.90. The minimum Gasteiger partial charge on any atom is -0.497 e. The van der Waals surface area contributed by atoms with Crippen molar-refractivity contribution < 1.29 is 22.7 Å². The van der Waals surface area contributed by atoms with Crippen LogP contribution in [0.1, 0.15) is 25.7 Å². The first-order valence-electron chi connectivity index (χ1n) is 6.75. The number of hydrogen-bond donors (Lipinski definition) is 0. The molecule has 0 aliphatic rings. The van der Waals surface area contributed by atoms with Crippen LogP contribution >= 0.6 is 0 Å². The van der Waals surface area contributed by atoms with Crippen LogP contribution in [0.4, 0.5) is 18.9 Å². The van der Waals surface area contributed by atoms with E-state index in [4.69, 9.17) is 10.00 Å². The van der Waals surface area contributed by atoms with Crippen molar-refractivity contribution in [1.29, 1.82) is 5.26 Å². The minimum absolute atomic E-state index is 0.108. The first-order valence-corrected chi connectivity index (χ1v) is 6.75. The van der Waals surface area contributed by atoms with Gasteiger partial charge in [-0.3, -0.25) is 4.79 Å². The van der Waals surface area contributed by atoms with Crippen LogP contribution < -0.4 is 9.64 Å². The number of amides is 1. The number of rotatable bonds is 7. The summed E-state index contributed by atoms with van der Waals surface area (Å²) in [7, 11) is 1.50. The monoisotopic (exact) mass is 314 g/mol. The Labute approximate surface area is 127 Å². The molecule has 0 aromatic heterocycles. The number of carbonyl (C=O) groups is 1. The molecule has 0 heterocycles. The molecule has 0 fully saturated rings. The van der Waals surface area contributed by atoms with Crippen LogP contribution in [-0.4, -0.2) is 25.7 Å². The van der Waals surface area contributed by atoms with E-state index in [9.17, 15) is 18.0 Å². The molecular weight excluding hydrogens is 297 g/mol. The molecule has 0 N–H and O–H groups in total. The molecule has 1 aromatic rings. The molecule has 0 saturated heterocycles. The van der Waals surface area contributed by atoms with E-state index in [0.717, 1.165) is 0 Å². The van der Waals surface area contributed by atoms with Gasteiger partial charge in [0.25, 0.3) is 0 Å². The lowest BCUT2D eigenvalue weighted by Gasteiger charge is -2.22. The van der Waals surface area contributed by atoms with Gasteiger partial charge in [0.05, 0.1) is 19.6 Å². The van der Waals surface area contributed by atoms with Gasteiger partial charge < -0.3 is 9.64 Å². The molecule has 7 heteroatoms. The van der Waals surface area contributed by atoms with Crippen molar-refractivity contribution >= 4 is 11.6 Å². The predicted molar refractivity (Wildman–Crippen MR) is 75.5 cm³/mol. The molecule has 0 radical (unpaired) electrons. The Balaban J connectivity index is 2.74. The molecule has 1 aromatic carbocycles. The summed E-state index contributed by atoms with van der Waals surface area (Å²) >= 11 is 0. The first-order chi connectivity index (χ1) is 10.4. The summed E-state index contributed by atoms with van der Waals surface area (Å²) in [6.45, 7) is 0.147. The zero-order valence-electron chi connectivity index (χ0n) is 12.2. The second-order valence-electron chi connectivity index (χ2n) is 4.62. The van der Waals surface area contributed by atoms with E-state index >= 15 is 0 Å². The summed E-state index contributed by atoms with van der Waals surface area (Å²) in [4.78, 5) is 13.4. The number of ether oxygens (including phenoxy) is 1. The maximum absolute atomic E-state index is 12.1. The first kappa shape index (κ1) is 17.8. The number of hydrogen-bond acceptors (Lipinski definition) is 3. The fraction of sp³-hybridized carbons (Fsp3) is 0.467. The summed E-state index contributed by atoms with van der Waals surface area (Å²) in [5.74, 6) is 0.179. The zero-order chi connectivity index (χ0) is 16.6. The van der Waals surface area contributed by atoms with Gasteiger partial charge in [0.15, 0.2) is 0 Å². The highest BCUT2D eigenvalue weighted by atomic mass is 19.4. The van der Waals surface area contributed by atoms with Crippen LogP contribution in [0, 0.1) is 11.3 Å². The highest BCUT2D eigenvalue weighted by Crippen LogP contribution is 2.24. The smallest absolute Gasteiger partial charge is 0.389 e. The van der Waals surface area contributed by atoms with E-state index in [1.165, 1.54) is 12.0 Å². The van der Waals surface area contributed by atoms with Gasteiger partial charge >= 0.3 is 6.18 Å². The highest BCUT2D eigenvalue weighted by Gasteiger charge is 2.27. The molecule has 0 aliphatic carbocycles. The van der Waals surface area contributed by atoms with Crippen LogP contribution in [0.5, 0.6) is 5.75 Å². The van der Waals surface area contributed by atoms with Gasteiger partial charge in [-0.25, -0.2) is 0 Å². The van der Waals surface area contributed by atoms with Crippen LogP contribution in [0.2, 0.25) is 0 Å². The van der Waals surface area contributed by atoms with E-state index in [0.29, 0.717) is 11.4 Å². The van der Waals surface area contributed by atoms with E-state index in [2.05, 4.69) is 0 Å². The van der Waals surface area contributed by atoms with Gasteiger partial charge in [-0.2, -0.15) is 18.4 Å². The maximum atomic E-state index is 12.1. The second-order valence-corrected chi connectivity index (χ2v) is 4.62. The lowest BCUT2D eigenvalue weighted by Crippen LogP contribution is -2.31. The lowest BCUT2D eigenvalue weighted by molar-refractivity contribution is -0.137. The average molecular weight is 314 g/mol. The van der Waals surface area contributed by atoms with Crippen LogP contribution in [0.25, 0.3) is 0 Å². The van der Waals surface area contributed by atoms with E-state index < -0.39 is 18.5 Å². The molecule has 0 atom stereocenters. The molecule has 1 rings (SSSR count). The van der Waals surface area contributed by atoms with Crippen LogP contribution in [0.15, 0.2) is 24.3 Å². The minimum atomic E-state index is -4.27. The quantitative estimate of drug-likeness (QED) is 0.771. The summed E-state index contributed by atoms with van der Waals surface area (Å²) in [5.41, 5.74) is 0.535. The molecule has 0 aliphatic heterocycles. The molecule has 0 saturated carbocycles. The summed E-state index contributed by atoms with van der Waals surface area (Å²) < 4.78 is 41.4. The number of carbonyl (C=O) groups excluding carboxylic acids is 1. The zero-order valence-corrected chi connectivity index (χ0v) is 12.2. The third kappa shape index (κ3) is 6.04. The number of methoxy groups -OCH3 is 1. The normalized spacial score (nSPS) is 10.9. The Hall–Kier alpha value is -2.23. The predicted octanol–water partition coefficient (Wildman–Crippen LogP) is 3.67. The SMILES string of the molecule is COc1ccc(N(CCC#N)C(=O)CCCC(F)(F)F)cc1. The summed E-state index contributed by atoms with van der Waals surface area (Å²) in [6, 6.07) is 8.50. The summed E-state index contributed by atoms with van der Waals surface area (Å²) in [5, 5.41) is 8.65. The lowest BCUT2D eigenvalue weighted by atomic mass is 10.2. The van der Waals surface area contributed by atoms with E-state index in [1.807, 2.05) is 6.07 Å². The Morgan fingerprint density at radius 3 is 2.45 bits per heavy atom. The molecule has 0 unspecified atom stereocenters. The van der Waals surface area contributed by atoms with Crippen molar-refractivity contribution in [2.75, 3.05) is 18.6 Å². The molecule has 1 amide bonds. The Morgan fingerprint density at radius 2 is 1.95 bits per heavy atom. The van der Waals surface area contributed by atoms with Crippen molar-refractivity contribution in [3.8, 4) is 11.8 Å². The second kappa shape index (κ2) is 8.27. The molecular formula is C15H17F3N2O2. The van der Waals surface area contributed by atoms with Gasteiger partial charge in [-0.05, 0) is 30.7 Å². The van der Waals surface area contributed by atoms with Crippen molar-refractivity contribution in [1.82, 2.24) is 0 Å². The number of halogens is 3. The third-order valence-electron chi connectivity index (χ3n) is 2.98. The van der Waals surface area contributed by atoms with Crippen molar-refractivity contribution in [3.05, 3.63) is 24.3 Å². The van der Waals surface area contributed by atoms with Crippen LogP contribution in [0.3, 0.4) is 0 Å². The largest absolute Gasteiger partial charge is 0.497 e. The number of nitrogens with zero attached hydrogens (tertiary/aromatic N) is 2. The van der Waals surface area contributed by atoms with Crippen molar-refractivity contribution in [2.45, 2.75) is 31.9 Å². The van der Waals surface area contributed by atoms with Gasteiger partial charge in [0, 0.05) is 25.1 Å². The van der Waals surface area contributed by atoms with E-state index in [-0.39, 0.29) is 25.8 Å². The van der Waals surface area contributed by atoms with Gasteiger partial charge in [-0.1, -0.05) is 0 Å². The molecule has 22 heavy (non-hydrogen) atoms. The van der Waals surface area contributed by atoms with E-state index in [1.54, 1.807) is 24.3 Å². The Bertz CT molecular complexity index is 521. The van der Waals surface area contributed by atoms with Crippen molar-refractivity contribution in [2.24, 2.45) is 0 Å². The average Bonchev–Trinajstić information content (AvgIpc) is 2.47. The number of benzene rings is 1. The molecule has 0 spiro atoms. The Kier molecular flexibility index (Phi) is 6.70. The van der Waals surface area contributed by atoms with Crippen LogP contribution in [-0.2, 0) is 4.79 Å². The Morgan fingerprint density at radius 1 is 1.32 bits per heavy atom. The standard InChI is InChI=1S/C15H17F3N2O2/c1-22-13-7-5-12(6-8-13)20(11-3-10-19)14(21)4-2-9-15(16,17)18/h5-8H,2-4,9,11H2,1H3. The number of anilines is 1. The summed E-state index contributed by atoms with van der Waals surface area (Å²) in [6.07, 6.45) is -5.62. The van der Waals surface area contributed by atoms with Gasteiger partial charge in [0.2, 0.25) is 5.91 Å². The molecule has 0 bridgehead atoms. The molecule has 120 valence electrons. The highest BCUT2D eigenvalue weighted by molar-refractivity contribution is 5.93.